The maximum atomic E-state index is 5.77. The fourth-order valence-corrected chi connectivity index (χ4v) is 2.35. The van der Waals surface area contributed by atoms with Crippen LogP contribution in [0, 0.1) is 0 Å². The number of hydrogen-bond donors (Lipinski definition) is 0. The number of aromatic nitrogens is 2. The Kier molecular flexibility index (Phi) is 7.17. The van der Waals surface area contributed by atoms with E-state index in [-0.39, 0.29) is 0 Å². The Labute approximate surface area is 137 Å². The van der Waals surface area contributed by atoms with Gasteiger partial charge in [0, 0.05) is 5.56 Å². The molecule has 0 aliphatic heterocycles. The van der Waals surface area contributed by atoms with Crippen molar-refractivity contribution in [3.05, 3.63) is 41.8 Å². The Morgan fingerprint density at radius 1 is 0.909 bits per heavy atom. The van der Waals surface area contributed by atoms with Crippen LogP contribution in [0.15, 0.2) is 36.7 Å². The van der Waals surface area contributed by atoms with Gasteiger partial charge >= 0.3 is 0 Å². The summed E-state index contributed by atoms with van der Waals surface area (Å²) in [4.78, 5) is 8.29. The van der Waals surface area contributed by atoms with E-state index in [9.17, 15) is 0 Å². The van der Waals surface area contributed by atoms with E-state index in [1.807, 2.05) is 24.3 Å². The SMILES string of the molecule is CCCCCCCCOc1ccc(-c2cnc(Cl)cn2)cc1. The number of unbranched alkanes of at least 4 members (excludes halogenated alkanes) is 5. The highest BCUT2D eigenvalue weighted by molar-refractivity contribution is 6.29. The van der Waals surface area contributed by atoms with Crippen molar-refractivity contribution in [2.24, 2.45) is 0 Å². The van der Waals surface area contributed by atoms with Gasteiger partial charge in [-0.15, -0.1) is 0 Å². The molecule has 1 aromatic carbocycles. The van der Waals surface area contributed by atoms with Gasteiger partial charge in [-0.05, 0) is 30.7 Å². The molecule has 0 saturated carbocycles. The molecule has 22 heavy (non-hydrogen) atoms. The summed E-state index contributed by atoms with van der Waals surface area (Å²) in [5.74, 6) is 0.902. The van der Waals surface area contributed by atoms with Crippen LogP contribution in [-0.2, 0) is 0 Å². The highest BCUT2D eigenvalue weighted by Crippen LogP contribution is 2.21. The second-order valence-corrected chi connectivity index (χ2v) is 5.75. The Bertz CT molecular complexity index is 540. The molecule has 1 aromatic heterocycles. The third-order valence-electron chi connectivity index (χ3n) is 3.54. The predicted molar refractivity (Wildman–Crippen MR) is 91.3 cm³/mol. The molecular weight excluding hydrogens is 296 g/mol. The first-order valence-corrected chi connectivity index (χ1v) is 8.38. The van der Waals surface area contributed by atoms with Crippen LogP contribution < -0.4 is 4.74 Å². The number of hydrogen-bond acceptors (Lipinski definition) is 3. The predicted octanol–water partition coefficient (Wildman–Crippen LogP) is 5.54. The largest absolute Gasteiger partial charge is 0.494 e. The zero-order chi connectivity index (χ0) is 15.6. The van der Waals surface area contributed by atoms with Crippen LogP contribution in [0.25, 0.3) is 11.3 Å². The lowest BCUT2D eigenvalue weighted by Gasteiger charge is -2.07. The molecule has 2 rings (SSSR count). The van der Waals surface area contributed by atoms with Gasteiger partial charge in [-0.1, -0.05) is 50.6 Å². The quantitative estimate of drug-likeness (QED) is 0.570. The Hall–Kier alpha value is -1.61. The summed E-state index contributed by atoms with van der Waals surface area (Å²) >= 11 is 5.74. The van der Waals surface area contributed by atoms with Gasteiger partial charge in [0.05, 0.1) is 24.7 Å². The van der Waals surface area contributed by atoms with Crippen LogP contribution in [0.5, 0.6) is 5.75 Å². The second-order valence-electron chi connectivity index (χ2n) is 5.36. The number of nitrogens with zero attached hydrogens (tertiary/aromatic N) is 2. The zero-order valence-corrected chi connectivity index (χ0v) is 13.9. The fourth-order valence-electron chi connectivity index (χ4n) is 2.26. The molecule has 0 saturated heterocycles. The van der Waals surface area contributed by atoms with E-state index in [1.165, 1.54) is 32.1 Å². The van der Waals surface area contributed by atoms with Crippen molar-refractivity contribution in [2.75, 3.05) is 6.61 Å². The lowest BCUT2D eigenvalue weighted by molar-refractivity contribution is 0.304. The van der Waals surface area contributed by atoms with Crippen molar-refractivity contribution in [3.8, 4) is 17.0 Å². The van der Waals surface area contributed by atoms with E-state index < -0.39 is 0 Å². The Morgan fingerprint density at radius 3 is 2.32 bits per heavy atom. The smallest absolute Gasteiger partial charge is 0.147 e. The minimum atomic E-state index is 0.405. The molecule has 2 aromatic rings. The Morgan fingerprint density at radius 2 is 1.64 bits per heavy atom. The van der Waals surface area contributed by atoms with E-state index in [1.54, 1.807) is 12.4 Å². The summed E-state index contributed by atoms with van der Waals surface area (Å²) in [6, 6.07) is 7.94. The molecule has 4 heteroatoms. The van der Waals surface area contributed by atoms with Gasteiger partial charge in [0.2, 0.25) is 0 Å². The molecule has 0 N–H and O–H groups in total. The van der Waals surface area contributed by atoms with E-state index in [0.29, 0.717) is 5.15 Å². The first-order valence-electron chi connectivity index (χ1n) is 8.00. The van der Waals surface area contributed by atoms with Crippen LogP contribution in [0.4, 0.5) is 0 Å². The number of benzene rings is 1. The van der Waals surface area contributed by atoms with Crippen molar-refractivity contribution in [3.63, 3.8) is 0 Å². The maximum Gasteiger partial charge on any atom is 0.147 e. The molecule has 118 valence electrons. The third kappa shape index (κ3) is 5.64. The molecule has 0 bridgehead atoms. The van der Waals surface area contributed by atoms with Gasteiger partial charge < -0.3 is 4.74 Å². The van der Waals surface area contributed by atoms with Gasteiger partial charge in [-0.3, -0.25) is 4.98 Å². The monoisotopic (exact) mass is 318 g/mol. The summed E-state index contributed by atoms with van der Waals surface area (Å²) in [5.41, 5.74) is 1.82. The second kappa shape index (κ2) is 9.42. The molecule has 0 aliphatic carbocycles. The minimum absolute atomic E-state index is 0.405. The highest BCUT2D eigenvalue weighted by atomic mass is 35.5. The first-order chi connectivity index (χ1) is 10.8. The molecule has 0 spiro atoms. The number of halogens is 1. The van der Waals surface area contributed by atoms with Crippen molar-refractivity contribution in [1.29, 1.82) is 0 Å². The standard InChI is InChI=1S/C18H23ClN2O/c1-2-3-4-5-6-7-12-22-16-10-8-15(9-11-16)17-13-21-18(19)14-20-17/h8-11,13-14H,2-7,12H2,1H3. The van der Waals surface area contributed by atoms with Gasteiger partial charge in [0.25, 0.3) is 0 Å². The molecule has 0 fully saturated rings. The lowest BCUT2D eigenvalue weighted by Crippen LogP contribution is -1.97. The van der Waals surface area contributed by atoms with E-state index in [0.717, 1.165) is 30.0 Å². The summed E-state index contributed by atoms with van der Waals surface area (Å²) in [5, 5.41) is 0.405. The first kappa shape index (κ1) is 16.8. The van der Waals surface area contributed by atoms with Crippen molar-refractivity contribution < 1.29 is 4.74 Å². The van der Waals surface area contributed by atoms with Crippen LogP contribution in [-0.4, -0.2) is 16.6 Å². The molecule has 0 aliphatic rings. The van der Waals surface area contributed by atoms with Crippen molar-refractivity contribution in [1.82, 2.24) is 9.97 Å². The fraction of sp³-hybridized carbons (Fsp3) is 0.444. The van der Waals surface area contributed by atoms with Gasteiger partial charge in [-0.2, -0.15) is 0 Å². The van der Waals surface area contributed by atoms with Crippen LogP contribution >= 0.6 is 11.6 Å². The molecule has 0 unspecified atom stereocenters. The summed E-state index contributed by atoms with van der Waals surface area (Å²) < 4.78 is 5.77. The minimum Gasteiger partial charge on any atom is -0.494 e. The van der Waals surface area contributed by atoms with Gasteiger partial charge in [-0.25, -0.2) is 4.98 Å². The zero-order valence-electron chi connectivity index (χ0n) is 13.1. The lowest BCUT2D eigenvalue weighted by atomic mass is 10.1. The molecule has 0 amide bonds. The average Bonchev–Trinajstić information content (AvgIpc) is 2.55. The normalized spacial score (nSPS) is 10.6. The van der Waals surface area contributed by atoms with Crippen molar-refractivity contribution >= 4 is 11.6 Å². The van der Waals surface area contributed by atoms with Gasteiger partial charge in [0.15, 0.2) is 0 Å². The van der Waals surface area contributed by atoms with Crippen LogP contribution in [0.3, 0.4) is 0 Å². The molecule has 0 atom stereocenters. The maximum absolute atomic E-state index is 5.77. The van der Waals surface area contributed by atoms with Crippen molar-refractivity contribution in [2.45, 2.75) is 45.4 Å². The summed E-state index contributed by atoms with van der Waals surface area (Å²) in [7, 11) is 0. The number of ether oxygens (including phenoxy) is 1. The van der Waals surface area contributed by atoms with E-state index in [4.69, 9.17) is 16.3 Å². The average molecular weight is 319 g/mol. The van der Waals surface area contributed by atoms with Crippen LogP contribution in [0.1, 0.15) is 45.4 Å². The van der Waals surface area contributed by atoms with Gasteiger partial charge in [0.1, 0.15) is 10.9 Å². The topological polar surface area (TPSA) is 35.0 Å². The molecular formula is C18H23ClN2O. The molecule has 0 radical (unpaired) electrons. The third-order valence-corrected chi connectivity index (χ3v) is 3.73. The highest BCUT2D eigenvalue weighted by Gasteiger charge is 2.01. The summed E-state index contributed by atoms with van der Waals surface area (Å²) in [6.45, 7) is 3.02. The molecule has 3 nitrogen and oxygen atoms in total. The van der Waals surface area contributed by atoms with E-state index >= 15 is 0 Å². The van der Waals surface area contributed by atoms with Crippen LogP contribution in [0.2, 0.25) is 5.15 Å². The Balaban J connectivity index is 1.74. The van der Waals surface area contributed by atoms with E-state index in [2.05, 4.69) is 16.9 Å². The summed E-state index contributed by atoms with van der Waals surface area (Å²) in [6.07, 6.45) is 10.9. The molecule has 1 heterocycles. The number of rotatable bonds is 9.